The van der Waals surface area contributed by atoms with Gasteiger partial charge in [-0.15, -0.1) is 0 Å². The Hall–Kier alpha value is -5.42. The van der Waals surface area contributed by atoms with E-state index in [0.29, 0.717) is 5.82 Å². The van der Waals surface area contributed by atoms with Gasteiger partial charge in [0.25, 0.3) is 0 Å². The van der Waals surface area contributed by atoms with Gasteiger partial charge in [0.15, 0.2) is 0 Å². The van der Waals surface area contributed by atoms with E-state index in [-0.39, 0.29) is 44.8 Å². The number of benzene rings is 1. The minimum atomic E-state index is -5.08. The van der Waals surface area contributed by atoms with Gasteiger partial charge in [0.1, 0.15) is 24.5 Å². The molecule has 0 aliphatic rings. The fourth-order valence-electron chi connectivity index (χ4n) is 3.88. The molecule has 0 fully saturated rings. The first kappa shape index (κ1) is 41.6. The van der Waals surface area contributed by atoms with Crippen molar-refractivity contribution in [1.29, 1.82) is 0 Å². The topological polar surface area (TPSA) is 232 Å². The lowest BCUT2D eigenvalue weighted by atomic mass is 10.0. The van der Waals surface area contributed by atoms with Crippen molar-refractivity contribution < 1.29 is 56.5 Å². The molecule has 2 aromatic rings. The number of aromatic nitrogens is 2. The average molecular weight is 699 g/mol. The lowest BCUT2D eigenvalue weighted by Crippen LogP contribution is -2.55. The molecule has 0 saturated carbocycles. The monoisotopic (exact) mass is 698 g/mol. The third kappa shape index (κ3) is 18.5. The standard InChI is InChI=1S/C29H40N6O7.C2HF3O2/c1-4-41-26(37)13-11-21(10-12-24(30)36)33-27(38)23(17-25-31-14-15-32-25)34-28(39)22(16-19(2)3)35-29(40)42-18-20-8-6-5-7-9-20;3-2(4,5)1(6)7/h5-9,11,13-15,19,21-23H,4,10,12,16-18H2,1-3H3,(H2,30,36)(H,31,32)(H,33,38)(H,34,39)(H,35,40);(H,6,7)/b13-11+;/t21-,22-,23-;/m0./s1. The largest absolute Gasteiger partial charge is 0.490 e. The van der Waals surface area contributed by atoms with Crippen LogP contribution >= 0.6 is 0 Å². The number of nitrogens with one attached hydrogen (secondary N) is 4. The molecule has 1 aromatic carbocycles. The quantitative estimate of drug-likeness (QED) is 0.104. The normalized spacial score (nSPS) is 12.9. The summed E-state index contributed by atoms with van der Waals surface area (Å²) in [6, 6.07) is 6.23. The molecule has 0 aliphatic carbocycles. The molecular weight excluding hydrogens is 657 g/mol. The van der Waals surface area contributed by atoms with Crippen LogP contribution in [0.5, 0.6) is 0 Å². The van der Waals surface area contributed by atoms with Gasteiger partial charge in [-0.25, -0.2) is 19.4 Å². The summed E-state index contributed by atoms with van der Waals surface area (Å²) in [6.07, 6.45) is 0.123. The van der Waals surface area contributed by atoms with Gasteiger partial charge in [0.2, 0.25) is 17.7 Å². The zero-order valence-electron chi connectivity index (χ0n) is 27.1. The highest BCUT2D eigenvalue weighted by Crippen LogP contribution is 2.13. The Kier molecular flexibility index (Phi) is 18.2. The number of alkyl carbamates (subject to hydrolysis) is 1. The summed E-state index contributed by atoms with van der Waals surface area (Å²) in [4.78, 5) is 78.5. The first-order chi connectivity index (χ1) is 23.0. The number of carboxylic acid groups (broad SMARTS) is 1. The summed E-state index contributed by atoms with van der Waals surface area (Å²) >= 11 is 0. The number of primary amides is 1. The first-order valence-corrected chi connectivity index (χ1v) is 15.0. The number of esters is 1. The number of carbonyl (C=O) groups is 6. The minimum absolute atomic E-state index is 0.00154. The molecule has 1 aromatic heterocycles. The van der Waals surface area contributed by atoms with Crippen molar-refractivity contribution in [3.8, 4) is 0 Å². The molecule has 0 aliphatic heterocycles. The number of halogens is 3. The maximum atomic E-state index is 13.4. The van der Waals surface area contributed by atoms with Crippen molar-refractivity contribution in [1.82, 2.24) is 25.9 Å². The van der Waals surface area contributed by atoms with Crippen LogP contribution in [0.25, 0.3) is 0 Å². The number of ether oxygens (including phenoxy) is 2. The lowest BCUT2D eigenvalue weighted by Gasteiger charge is -2.25. The van der Waals surface area contributed by atoms with E-state index in [1.165, 1.54) is 12.3 Å². The smallest absolute Gasteiger partial charge is 0.475 e. The number of alkyl halides is 3. The van der Waals surface area contributed by atoms with E-state index in [9.17, 15) is 37.1 Å². The second-order valence-corrected chi connectivity index (χ2v) is 10.7. The third-order valence-electron chi connectivity index (χ3n) is 6.14. The Balaban J connectivity index is 0.00000154. The number of carboxylic acids is 1. The van der Waals surface area contributed by atoms with Crippen molar-refractivity contribution in [2.24, 2.45) is 11.7 Å². The molecule has 0 radical (unpaired) electrons. The number of amides is 4. The van der Waals surface area contributed by atoms with Crippen LogP contribution in [0.4, 0.5) is 18.0 Å². The van der Waals surface area contributed by atoms with Crippen LogP contribution in [0.1, 0.15) is 51.4 Å². The van der Waals surface area contributed by atoms with E-state index >= 15 is 0 Å². The number of aromatic amines is 1. The number of carbonyl (C=O) groups excluding carboxylic acids is 5. The number of nitrogens with two attached hydrogens (primary N) is 1. The van der Waals surface area contributed by atoms with Gasteiger partial charge in [0, 0.05) is 37.4 Å². The van der Waals surface area contributed by atoms with Gasteiger partial charge in [0.05, 0.1) is 6.61 Å². The van der Waals surface area contributed by atoms with Crippen molar-refractivity contribution in [2.45, 2.75) is 77.4 Å². The highest BCUT2D eigenvalue weighted by molar-refractivity contribution is 5.91. The number of imidazole rings is 1. The maximum Gasteiger partial charge on any atom is 0.490 e. The summed E-state index contributed by atoms with van der Waals surface area (Å²) in [6.45, 7) is 5.64. The highest BCUT2D eigenvalue weighted by atomic mass is 19.4. The van der Waals surface area contributed by atoms with Gasteiger partial charge in [-0.3, -0.25) is 14.4 Å². The number of nitrogens with zero attached hydrogens (tertiary/aromatic N) is 1. The van der Waals surface area contributed by atoms with Crippen molar-refractivity contribution in [2.75, 3.05) is 6.61 Å². The fraction of sp³-hybridized carbons (Fsp3) is 0.452. The van der Waals surface area contributed by atoms with E-state index in [1.807, 2.05) is 44.2 Å². The second kappa shape index (κ2) is 21.5. The van der Waals surface area contributed by atoms with Gasteiger partial charge in [-0.05, 0) is 31.2 Å². The summed E-state index contributed by atoms with van der Waals surface area (Å²) in [5.74, 6) is -4.69. The summed E-state index contributed by atoms with van der Waals surface area (Å²) in [5.41, 5.74) is 6.06. The zero-order chi connectivity index (χ0) is 37.0. The van der Waals surface area contributed by atoms with Gasteiger partial charge in [-0.2, -0.15) is 13.2 Å². The predicted molar refractivity (Wildman–Crippen MR) is 167 cm³/mol. The van der Waals surface area contributed by atoms with Crippen molar-refractivity contribution in [3.63, 3.8) is 0 Å². The van der Waals surface area contributed by atoms with E-state index in [2.05, 4.69) is 25.9 Å². The molecule has 7 N–H and O–H groups in total. The first-order valence-electron chi connectivity index (χ1n) is 15.0. The number of H-pyrrole nitrogens is 1. The summed E-state index contributed by atoms with van der Waals surface area (Å²) < 4.78 is 41.9. The van der Waals surface area contributed by atoms with Crippen LogP contribution in [0.2, 0.25) is 0 Å². The molecule has 49 heavy (non-hydrogen) atoms. The molecule has 4 amide bonds. The molecule has 18 heteroatoms. The predicted octanol–water partition coefficient (Wildman–Crippen LogP) is 2.28. The van der Waals surface area contributed by atoms with E-state index in [1.54, 1.807) is 13.1 Å². The molecule has 2 rings (SSSR count). The van der Waals surface area contributed by atoms with Crippen LogP contribution in [0, 0.1) is 5.92 Å². The SMILES string of the molecule is CCOC(=O)/C=C/[C@H](CCC(N)=O)NC(=O)[C@H](Cc1ncc[nH]1)NC(=O)[C@H](CC(C)C)NC(=O)OCc1ccccc1.O=C(O)C(F)(F)F. The maximum absolute atomic E-state index is 13.4. The molecule has 15 nitrogen and oxygen atoms in total. The Morgan fingerprint density at radius 3 is 2.16 bits per heavy atom. The fourth-order valence-corrected chi connectivity index (χ4v) is 3.88. The van der Waals surface area contributed by atoms with Gasteiger partial charge < -0.3 is 41.2 Å². The van der Waals surface area contributed by atoms with Crippen molar-refractivity contribution in [3.05, 3.63) is 66.3 Å². The minimum Gasteiger partial charge on any atom is -0.475 e. The Bertz CT molecular complexity index is 1390. The van der Waals surface area contributed by atoms with E-state index < -0.39 is 60.1 Å². The Morgan fingerprint density at radius 1 is 1.00 bits per heavy atom. The van der Waals surface area contributed by atoms with E-state index in [0.717, 1.165) is 11.6 Å². The molecule has 0 spiro atoms. The van der Waals surface area contributed by atoms with Crippen molar-refractivity contribution >= 4 is 35.8 Å². The second-order valence-electron chi connectivity index (χ2n) is 10.7. The average Bonchev–Trinajstić information content (AvgIpc) is 3.54. The van der Waals surface area contributed by atoms with Crippen LogP contribution < -0.4 is 21.7 Å². The van der Waals surface area contributed by atoms with Crippen LogP contribution in [-0.4, -0.2) is 81.7 Å². The molecule has 0 bridgehead atoms. The van der Waals surface area contributed by atoms with Gasteiger partial charge in [-0.1, -0.05) is 50.3 Å². The highest BCUT2D eigenvalue weighted by Gasteiger charge is 2.38. The number of hydrogen-bond acceptors (Lipinski definition) is 9. The molecule has 270 valence electrons. The number of hydrogen-bond donors (Lipinski definition) is 6. The molecule has 0 saturated heterocycles. The number of rotatable bonds is 17. The summed E-state index contributed by atoms with van der Waals surface area (Å²) in [7, 11) is 0. The molecule has 1 heterocycles. The molecular formula is C31H41F3N6O9. The third-order valence-corrected chi connectivity index (χ3v) is 6.14. The summed E-state index contributed by atoms with van der Waals surface area (Å²) in [5, 5.41) is 15.2. The van der Waals surface area contributed by atoms with Crippen LogP contribution in [0.15, 0.2) is 54.9 Å². The molecule has 3 atom stereocenters. The van der Waals surface area contributed by atoms with Crippen LogP contribution in [-0.2, 0) is 46.5 Å². The lowest BCUT2D eigenvalue weighted by molar-refractivity contribution is -0.192. The van der Waals surface area contributed by atoms with E-state index in [4.69, 9.17) is 25.1 Å². The molecule has 0 unspecified atom stereocenters. The number of aliphatic carboxylic acids is 1. The van der Waals surface area contributed by atoms with Gasteiger partial charge >= 0.3 is 24.2 Å². The Morgan fingerprint density at radius 2 is 1.63 bits per heavy atom. The zero-order valence-corrected chi connectivity index (χ0v) is 27.1. The Labute approximate surface area is 280 Å². The van der Waals surface area contributed by atoms with Crippen LogP contribution in [0.3, 0.4) is 0 Å².